The summed E-state index contributed by atoms with van der Waals surface area (Å²) in [4.78, 5) is 12.5. The largest absolute Gasteiger partial charge is 0.348 e. The molecule has 1 aromatic carbocycles. The first-order chi connectivity index (χ1) is 10.4. The molecule has 0 saturated carbocycles. The lowest BCUT2D eigenvalue weighted by Crippen LogP contribution is -2.36. The Kier molecular flexibility index (Phi) is 4.10. The van der Waals surface area contributed by atoms with E-state index in [-0.39, 0.29) is 23.5 Å². The molecule has 5 nitrogen and oxygen atoms in total. The van der Waals surface area contributed by atoms with Gasteiger partial charge in [-0.15, -0.1) is 0 Å². The van der Waals surface area contributed by atoms with Crippen molar-refractivity contribution in [3.63, 3.8) is 0 Å². The summed E-state index contributed by atoms with van der Waals surface area (Å²) in [5.41, 5.74) is 1.27. The van der Waals surface area contributed by atoms with Crippen molar-refractivity contribution in [1.82, 2.24) is 9.88 Å². The number of carbonyl (C=O) groups excluding carboxylic acids is 1. The van der Waals surface area contributed by atoms with Crippen LogP contribution in [0.2, 0.25) is 0 Å². The van der Waals surface area contributed by atoms with Gasteiger partial charge in [-0.1, -0.05) is 15.9 Å². The third-order valence-electron chi connectivity index (χ3n) is 3.65. The van der Waals surface area contributed by atoms with Gasteiger partial charge in [0.2, 0.25) is 0 Å². The molecule has 7 heteroatoms. The molecule has 1 aliphatic heterocycles. The summed E-state index contributed by atoms with van der Waals surface area (Å²) in [6.45, 7) is 0. The number of sulfone groups is 1. The maximum atomic E-state index is 12.5. The zero-order chi connectivity index (χ0) is 15.7. The molecule has 3 rings (SSSR count). The fourth-order valence-electron chi connectivity index (χ4n) is 2.58. The molecular formula is C15H15BrN2O3S. The Hall–Kier alpha value is -1.60. The molecule has 1 aromatic heterocycles. The third-order valence-corrected chi connectivity index (χ3v) is 5.91. The van der Waals surface area contributed by atoms with E-state index in [1.54, 1.807) is 6.07 Å². The highest BCUT2D eigenvalue weighted by Gasteiger charge is 2.29. The number of nitrogens with zero attached hydrogens (tertiary/aromatic N) is 1. The van der Waals surface area contributed by atoms with Gasteiger partial charge in [-0.2, -0.15) is 0 Å². The summed E-state index contributed by atoms with van der Waals surface area (Å²) >= 11 is 3.37. The number of amides is 1. The first kappa shape index (κ1) is 15.3. The van der Waals surface area contributed by atoms with Gasteiger partial charge in [-0.3, -0.25) is 4.79 Å². The first-order valence-electron chi connectivity index (χ1n) is 6.89. The molecule has 2 heterocycles. The average molecular weight is 383 g/mol. The Morgan fingerprint density at radius 2 is 2.00 bits per heavy atom. The van der Waals surface area contributed by atoms with Crippen LogP contribution in [0.4, 0.5) is 0 Å². The number of nitrogens with one attached hydrogen (secondary N) is 1. The number of hydrogen-bond donors (Lipinski definition) is 1. The van der Waals surface area contributed by atoms with Crippen molar-refractivity contribution in [2.45, 2.75) is 12.5 Å². The average Bonchev–Trinajstić information content (AvgIpc) is 3.08. The molecule has 1 aliphatic rings. The van der Waals surface area contributed by atoms with Crippen molar-refractivity contribution >= 4 is 31.7 Å². The topological polar surface area (TPSA) is 68.2 Å². The van der Waals surface area contributed by atoms with E-state index in [1.807, 2.05) is 41.2 Å². The zero-order valence-corrected chi connectivity index (χ0v) is 14.1. The maximum absolute atomic E-state index is 12.5. The minimum atomic E-state index is -3.01. The Labute approximate surface area is 137 Å². The van der Waals surface area contributed by atoms with E-state index in [9.17, 15) is 13.2 Å². The lowest BCUT2D eigenvalue weighted by molar-refractivity contribution is 0.0941. The summed E-state index contributed by atoms with van der Waals surface area (Å²) in [5.74, 6) is -0.0981. The van der Waals surface area contributed by atoms with Gasteiger partial charge in [0.25, 0.3) is 5.91 Å². The van der Waals surface area contributed by atoms with Crippen LogP contribution in [0, 0.1) is 0 Å². The van der Waals surface area contributed by atoms with Crippen molar-refractivity contribution in [3.05, 3.63) is 52.8 Å². The fraction of sp³-hybridized carbons (Fsp3) is 0.267. The Morgan fingerprint density at radius 1 is 1.27 bits per heavy atom. The zero-order valence-electron chi connectivity index (χ0n) is 11.7. The van der Waals surface area contributed by atoms with E-state index in [2.05, 4.69) is 21.2 Å². The van der Waals surface area contributed by atoms with Crippen molar-refractivity contribution < 1.29 is 13.2 Å². The van der Waals surface area contributed by atoms with Gasteiger partial charge in [-0.05, 0) is 36.8 Å². The van der Waals surface area contributed by atoms with Crippen LogP contribution in [0.3, 0.4) is 0 Å². The van der Waals surface area contributed by atoms with Crippen molar-refractivity contribution in [3.8, 4) is 5.69 Å². The molecule has 1 amide bonds. The van der Waals surface area contributed by atoms with Crippen molar-refractivity contribution in [1.29, 1.82) is 0 Å². The van der Waals surface area contributed by atoms with Crippen LogP contribution in [0.1, 0.15) is 16.8 Å². The molecule has 1 unspecified atom stereocenters. The van der Waals surface area contributed by atoms with E-state index >= 15 is 0 Å². The molecule has 0 radical (unpaired) electrons. The van der Waals surface area contributed by atoms with Gasteiger partial charge in [0.1, 0.15) is 0 Å². The molecule has 1 atom stereocenters. The quantitative estimate of drug-likeness (QED) is 0.883. The van der Waals surface area contributed by atoms with Crippen LogP contribution in [-0.4, -0.2) is 36.4 Å². The second-order valence-electron chi connectivity index (χ2n) is 5.33. The smallest absolute Gasteiger partial charge is 0.253 e. The van der Waals surface area contributed by atoms with Crippen LogP contribution in [0.5, 0.6) is 0 Å². The van der Waals surface area contributed by atoms with Crippen LogP contribution in [0.25, 0.3) is 5.69 Å². The van der Waals surface area contributed by atoms with Gasteiger partial charge >= 0.3 is 0 Å². The van der Waals surface area contributed by atoms with Crippen LogP contribution >= 0.6 is 15.9 Å². The van der Waals surface area contributed by atoms with E-state index < -0.39 is 9.84 Å². The molecule has 2 aromatic rings. The number of carbonyl (C=O) groups is 1. The van der Waals surface area contributed by atoms with Gasteiger partial charge in [0, 0.05) is 22.9 Å². The van der Waals surface area contributed by atoms with Crippen molar-refractivity contribution in [2.75, 3.05) is 11.5 Å². The van der Waals surface area contributed by atoms with Gasteiger partial charge in [0.05, 0.1) is 22.8 Å². The van der Waals surface area contributed by atoms with Crippen molar-refractivity contribution in [2.24, 2.45) is 0 Å². The summed E-state index contributed by atoms with van der Waals surface area (Å²) in [6, 6.07) is 8.92. The molecule has 116 valence electrons. The fourth-order valence-corrected chi connectivity index (χ4v) is 4.62. The number of hydrogen-bond acceptors (Lipinski definition) is 3. The monoisotopic (exact) mass is 382 g/mol. The highest BCUT2D eigenvalue weighted by Crippen LogP contribution is 2.21. The summed E-state index contributed by atoms with van der Waals surface area (Å²) in [6.07, 6.45) is 4.20. The first-order valence-corrected chi connectivity index (χ1v) is 9.50. The normalized spacial score (nSPS) is 20.0. The number of aromatic nitrogens is 1. The van der Waals surface area contributed by atoms with Crippen LogP contribution < -0.4 is 5.32 Å². The number of halogens is 1. The molecule has 0 spiro atoms. The molecule has 0 aliphatic carbocycles. The Morgan fingerprint density at radius 3 is 2.64 bits per heavy atom. The predicted octanol–water partition coefficient (Wildman–Crippen LogP) is 2.16. The van der Waals surface area contributed by atoms with E-state index in [4.69, 9.17) is 0 Å². The molecule has 1 saturated heterocycles. The van der Waals surface area contributed by atoms with Gasteiger partial charge < -0.3 is 9.88 Å². The minimum Gasteiger partial charge on any atom is -0.348 e. The minimum absolute atomic E-state index is 0.0194. The summed E-state index contributed by atoms with van der Waals surface area (Å²) in [5, 5.41) is 2.83. The number of rotatable bonds is 3. The summed E-state index contributed by atoms with van der Waals surface area (Å²) in [7, 11) is -3.01. The maximum Gasteiger partial charge on any atom is 0.253 e. The highest BCUT2D eigenvalue weighted by atomic mass is 79.9. The van der Waals surface area contributed by atoms with E-state index in [0.29, 0.717) is 12.0 Å². The highest BCUT2D eigenvalue weighted by molar-refractivity contribution is 9.10. The Balaban J connectivity index is 1.87. The second-order valence-corrected chi connectivity index (χ2v) is 8.47. The molecule has 1 fully saturated rings. The Bertz CT molecular complexity index is 800. The van der Waals surface area contributed by atoms with Crippen LogP contribution in [0.15, 0.2) is 47.2 Å². The van der Waals surface area contributed by atoms with Crippen LogP contribution in [-0.2, 0) is 9.84 Å². The van der Waals surface area contributed by atoms with Gasteiger partial charge in [0.15, 0.2) is 9.84 Å². The molecular weight excluding hydrogens is 368 g/mol. The van der Waals surface area contributed by atoms with Gasteiger partial charge in [-0.25, -0.2) is 8.42 Å². The second kappa shape index (κ2) is 5.89. The van der Waals surface area contributed by atoms with E-state index in [1.165, 1.54) is 0 Å². The molecule has 1 N–H and O–H groups in total. The SMILES string of the molecule is O=C(NC1CCS(=O)(=O)C1)c1cc(Br)ccc1-n1cccc1. The summed E-state index contributed by atoms with van der Waals surface area (Å²) < 4.78 is 25.7. The lowest BCUT2D eigenvalue weighted by atomic mass is 10.1. The molecule has 22 heavy (non-hydrogen) atoms. The number of benzene rings is 1. The lowest BCUT2D eigenvalue weighted by Gasteiger charge is -2.14. The standard InChI is InChI=1S/C15H15BrN2O3S/c16-11-3-4-14(18-6-1-2-7-18)13(9-11)15(19)17-12-5-8-22(20,21)10-12/h1-4,6-7,9,12H,5,8,10H2,(H,17,19). The van der Waals surface area contributed by atoms with E-state index in [0.717, 1.165) is 10.2 Å². The molecule has 0 bridgehead atoms. The predicted molar refractivity (Wildman–Crippen MR) is 88.0 cm³/mol. The third kappa shape index (κ3) is 3.25.